The van der Waals surface area contributed by atoms with Gasteiger partial charge >= 0.3 is 5.97 Å². The maximum atomic E-state index is 11.8. The van der Waals surface area contributed by atoms with E-state index in [1.54, 1.807) is 18.9 Å². The number of amides is 1. The van der Waals surface area contributed by atoms with Gasteiger partial charge in [0.25, 0.3) is 5.91 Å². The molecule has 0 atom stereocenters. The Morgan fingerprint density at radius 1 is 1.04 bits per heavy atom. The zero-order valence-electron chi connectivity index (χ0n) is 14.8. The van der Waals surface area contributed by atoms with Crippen LogP contribution < -0.4 is 10.1 Å². The van der Waals surface area contributed by atoms with E-state index < -0.39 is 0 Å². The number of hydrogen-bond donors (Lipinski definition) is 1. The summed E-state index contributed by atoms with van der Waals surface area (Å²) in [6.45, 7) is 0.210. The molecule has 0 radical (unpaired) electrons. The quantitative estimate of drug-likeness (QED) is 0.512. The summed E-state index contributed by atoms with van der Waals surface area (Å²) in [7, 11) is 1.62. The highest BCUT2D eigenvalue weighted by molar-refractivity contribution is 7.99. The van der Waals surface area contributed by atoms with Crippen LogP contribution in [0.1, 0.15) is 12.0 Å². The fraction of sp³-hybridized carbons (Fsp3) is 0.300. The van der Waals surface area contributed by atoms with Crippen LogP contribution in [0, 0.1) is 0 Å². The van der Waals surface area contributed by atoms with Crippen molar-refractivity contribution in [3.8, 4) is 5.75 Å². The second-order valence-corrected chi connectivity index (χ2v) is 6.65. The van der Waals surface area contributed by atoms with Crippen molar-refractivity contribution < 1.29 is 19.1 Å². The summed E-state index contributed by atoms with van der Waals surface area (Å²) < 4.78 is 10.3. The summed E-state index contributed by atoms with van der Waals surface area (Å²) in [5, 5.41) is 2.74. The number of carbonyl (C=O) groups is 2. The highest BCUT2D eigenvalue weighted by atomic mass is 32.2. The van der Waals surface area contributed by atoms with Crippen LogP contribution in [0.5, 0.6) is 5.75 Å². The highest BCUT2D eigenvalue weighted by Crippen LogP contribution is 2.18. The van der Waals surface area contributed by atoms with Crippen molar-refractivity contribution >= 4 is 23.6 Å². The molecule has 0 aliphatic carbocycles. The third kappa shape index (κ3) is 7.19. The van der Waals surface area contributed by atoms with E-state index in [9.17, 15) is 9.59 Å². The zero-order chi connectivity index (χ0) is 18.6. The van der Waals surface area contributed by atoms with E-state index in [1.807, 2.05) is 54.6 Å². The molecule has 26 heavy (non-hydrogen) atoms. The van der Waals surface area contributed by atoms with Gasteiger partial charge in [0, 0.05) is 17.2 Å². The average Bonchev–Trinajstić information content (AvgIpc) is 2.67. The third-order valence-corrected chi connectivity index (χ3v) is 4.61. The molecule has 2 rings (SSSR count). The van der Waals surface area contributed by atoms with E-state index in [4.69, 9.17) is 9.47 Å². The van der Waals surface area contributed by atoms with E-state index in [1.165, 1.54) is 0 Å². The summed E-state index contributed by atoms with van der Waals surface area (Å²) in [6.07, 6.45) is 0.922. The maximum absolute atomic E-state index is 11.8. The van der Waals surface area contributed by atoms with Crippen molar-refractivity contribution in [1.82, 2.24) is 5.32 Å². The van der Waals surface area contributed by atoms with Gasteiger partial charge in [-0.25, -0.2) is 0 Å². The van der Waals surface area contributed by atoms with E-state index in [0.717, 1.165) is 16.2 Å². The molecule has 5 nitrogen and oxygen atoms in total. The zero-order valence-corrected chi connectivity index (χ0v) is 15.6. The first-order valence-electron chi connectivity index (χ1n) is 8.41. The number of nitrogens with one attached hydrogen (secondary N) is 1. The molecule has 0 saturated heterocycles. The predicted octanol–water partition coefficient (Wildman–Crippen LogP) is 3.08. The minimum Gasteiger partial charge on any atom is -0.496 e. The monoisotopic (exact) mass is 373 g/mol. The fourth-order valence-electron chi connectivity index (χ4n) is 2.28. The van der Waals surface area contributed by atoms with Crippen LogP contribution in [0.2, 0.25) is 0 Å². The second kappa shape index (κ2) is 11.2. The first-order valence-corrected chi connectivity index (χ1v) is 9.39. The molecule has 138 valence electrons. The third-order valence-electron chi connectivity index (χ3n) is 3.59. The number of para-hydroxylation sites is 1. The Hall–Kier alpha value is -2.47. The lowest BCUT2D eigenvalue weighted by molar-refractivity contribution is -0.148. The Labute approximate surface area is 158 Å². The molecule has 0 spiro atoms. The number of carbonyl (C=O) groups excluding carboxylic acids is 2. The molecule has 2 aromatic carbocycles. The van der Waals surface area contributed by atoms with Crippen molar-refractivity contribution in [1.29, 1.82) is 0 Å². The Bertz CT molecular complexity index is 706. The van der Waals surface area contributed by atoms with Crippen molar-refractivity contribution in [2.75, 3.05) is 26.0 Å². The number of esters is 1. The fourth-order valence-corrected chi connectivity index (χ4v) is 3.14. The normalized spacial score (nSPS) is 10.2. The molecule has 0 unspecified atom stereocenters. The second-order valence-electron chi connectivity index (χ2n) is 5.48. The lowest BCUT2D eigenvalue weighted by Gasteiger charge is -2.09. The van der Waals surface area contributed by atoms with Gasteiger partial charge in [-0.05, 0) is 30.2 Å². The van der Waals surface area contributed by atoms with Crippen molar-refractivity contribution in [3.05, 3.63) is 60.2 Å². The van der Waals surface area contributed by atoms with Crippen molar-refractivity contribution in [2.45, 2.75) is 17.7 Å². The van der Waals surface area contributed by atoms with Gasteiger partial charge in [0.2, 0.25) is 0 Å². The Morgan fingerprint density at radius 3 is 2.54 bits per heavy atom. The summed E-state index contributed by atoms with van der Waals surface area (Å²) in [5.41, 5.74) is 1.02. The smallest absolute Gasteiger partial charge is 0.307 e. The molecule has 6 heteroatoms. The molecule has 0 aromatic heterocycles. The predicted molar refractivity (Wildman–Crippen MR) is 102 cm³/mol. The number of thioether (sulfide) groups is 1. The summed E-state index contributed by atoms with van der Waals surface area (Å²) in [6, 6.07) is 17.5. The minimum atomic E-state index is -0.367. The van der Waals surface area contributed by atoms with Crippen molar-refractivity contribution in [2.24, 2.45) is 0 Å². The van der Waals surface area contributed by atoms with Gasteiger partial charge in [-0.15, -0.1) is 11.8 Å². The lowest BCUT2D eigenvalue weighted by Crippen LogP contribution is -2.30. The molecule has 1 amide bonds. The first kappa shape index (κ1) is 19.8. The van der Waals surface area contributed by atoms with Crippen LogP contribution in [0.15, 0.2) is 59.5 Å². The number of ether oxygens (including phenoxy) is 2. The Morgan fingerprint density at radius 2 is 1.77 bits per heavy atom. The Kier molecular flexibility index (Phi) is 8.55. The number of benzene rings is 2. The van der Waals surface area contributed by atoms with Gasteiger partial charge in [-0.2, -0.15) is 0 Å². The average molecular weight is 373 g/mol. The van der Waals surface area contributed by atoms with Crippen LogP contribution in [0.4, 0.5) is 0 Å². The van der Waals surface area contributed by atoms with Gasteiger partial charge in [-0.1, -0.05) is 36.4 Å². The van der Waals surface area contributed by atoms with Crippen LogP contribution >= 0.6 is 11.8 Å². The molecular formula is C20H23NO4S. The molecule has 0 aliphatic heterocycles. The summed E-state index contributed by atoms with van der Waals surface area (Å²) in [5.74, 6) is 0.750. The summed E-state index contributed by atoms with van der Waals surface area (Å²) in [4.78, 5) is 24.6. The standard InChI is InChI=1S/C20H23NO4S/c1-24-18-10-6-5-7-16(18)11-13-21-19(22)15-25-20(23)12-14-26-17-8-3-2-4-9-17/h2-10H,11-15H2,1H3,(H,21,22). The largest absolute Gasteiger partial charge is 0.496 e. The molecular weight excluding hydrogens is 350 g/mol. The van der Waals surface area contributed by atoms with Crippen LogP contribution in [-0.2, 0) is 20.7 Å². The van der Waals surface area contributed by atoms with Crippen LogP contribution in [0.3, 0.4) is 0 Å². The lowest BCUT2D eigenvalue weighted by atomic mass is 10.1. The van der Waals surface area contributed by atoms with E-state index in [0.29, 0.717) is 18.7 Å². The molecule has 0 aliphatic rings. The van der Waals surface area contributed by atoms with Crippen molar-refractivity contribution in [3.63, 3.8) is 0 Å². The molecule has 2 aromatic rings. The van der Waals surface area contributed by atoms with Crippen LogP contribution in [-0.4, -0.2) is 37.9 Å². The number of methoxy groups -OCH3 is 1. The van der Waals surface area contributed by atoms with Gasteiger partial charge in [-0.3, -0.25) is 9.59 Å². The maximum Gasteiger partial charge on any atom is 0.307 e. The first-order chi connectivity index (χ1) is 12.7. The molecule has 1 N–H and O–H groups in total. The Balaban J connectivity index is 1.58. The molecule has 0 bridgehead atoms. The van der Waals surface area contributed by atoms with E-state index in [-0.39, 0.29) is 24.9 Å². The number of rotatable bonds is 10. The van der Waals surface area contributed by atoms with Crippen LogP contribution in [0.25, 0.3) is 0 Å². The SMILES string of the molecule is COc1ccccc1CCNC(=O)COC(=O)CCSc1ccccc1. The molecule has 0 heterocycles. The van der Waals surface area contributed by atoms with E-state index in [2.05, 4.69) is 5.32 Å². The molecule has 0 fully saturated rings. The molecule has 0 saturated carbocycles. The highest BCUT2D eigenvalue weighted by Gasteiger charge is 2.08. The van der Waals surface area contributed by atoms with E-state index >= 15 is 0 Å². The minimum absolute atomic E-state index is 0.249. The van der Waals surface area contributed by atoms with Gasteiger partial charge in [0.05, 0.1) is 13.5 Å². The van der Waals surface area contributed by atoms with Gasteiger partial charge in [0.15, 0.2) is 6.61 Å². The summed E-state index contributed by atoms with van der Waals surface area (Å²) >= 11 is 1.58. The van der Waals surface area contributed by atoms with Gasteiger partial charge < -0.3 is 14.8 Å². The number of hydrogen-bond acceptors (Lipinski definition) is 5. The van der Waals surface area contributed by atoms with Gasteiger partial charge in [0.1, 0.15) is 5.75 Å². The topological polar surface area (TPSA) is 64.6 Å².